The van der Waals surface area contributed by atoms with Crippen molar-refractivity contribution < 1.29 is 5.11 Å². The van der Waals surface area contributed by atoms with E-state index >= 15 is 0 Å². The minimum atomic E-state index is 0.235. The summed E-state index contributed by atoms with van der Waals surface area (Å²) < 4.78 is 0. The molecule has 100 valence electrons. The van der Waals surface area contributed by atoms with Crippen LogP contribution in [-0.2, 0) is 6.42 Å². The highest BCUT2D eigenvalue weighted by atomic mass is 32.2. The molecule has 0 saturated heterocycles. The highest BCUT2D eigenvalue weighted by Crippen LogP contribution is 2.15. The van der Waals surface area contributed by atoms with Crippen LogP contribution in [0, 0.1) is 5.92 Å². The SMILES string of the molecule is CC(C)/C=C\[C@H](CO)SCCCc1ccccc1. The van der Waals surface area contributed by atoms with E-state index in [9.17, 15) is 5.11 Å². The predicted octanol–water partition coefficient (Wildman–Crippen LogP) is 3.93. The fraction of sp³-hybridized carbons (Fsp3) is 0.500. The van der Waals surface area contributed by atoms with Gasteiger partial charge in [-0.15, -0.1) is 0 Å². The second kappa shape index (κ2) is 9.23. The highest BCUT2D eigenvalue weighted by molar-refractivity contribution is 8.00. The van der Waals surface area contributed by atoms with Gasteiger partial charge in [-0.2, -0.15) is 11.8 Å². The van der Waals surface area contributed by atoms with Crippen LogP contribution in [0.15, 0.2) is 42.5 Å². The van der Waals surface area contributed by atoms with Crippen LogP contribution in [0.25, 0.3) is 0 Å². The van der Waals surface area contributed by atoms with Crippen molar-refractivity contribution in [3.63, 3.8) is 0 Å². The van der Waals surface area contributed by atoms with Gasteiger partial charge >= 0.3 is 0 Å². The minimum absolute atomic E-state index is 0.235. The van der Waals surface area contributed by atoms with E-state index < -0.39 is 0 Å². The number of aliphatic hydroxyl groups excluding tert-OH is 1. The third-order valence-corrected chi connectivity index (χ3v) is 3.93. The molecule has 1 aromatic carbocycles. The van der Waals surface area contributed by atoms with Crippen molar-refractivity contribution in [2.75, 3.05) is 12.4 Å². The zero-order chi connectivity index (χ0) is 13.2. The molecule has 0 aliphatic carbocycles. The standard InChI is InChI=1S/C16H24OS/c1-14(2)10-11-16(13-17)18-12-6-9-15-7-4-3-5-8-15/h3-5,7-8,10-11,14,16-17H,6,9,12-13H2,1-2H3/b11-10-/t16-/m1/s1. The molecule has 0 heterocycles. The van der Waals surface area contributed by atoms with E-state index in [1.807, 2.05) is 11.8 Å². The van der Waals surface area contributed by atoms with Gasteiger partial charge in [0.2, 0.25) is 0 Å². The van der Waals surface area contributed by atoms with E-state index in [4.69, 9.17) is 0 Å². The minimum Gasteiger partial charge on any atom is -0.395 e. The van der Waals surface area contributed by atoms with Crippen LogP contribution in [0.2, 0.25) is 0 Å². The lowest BCUT2D eigenvalue weighted by Gasteiger charge is -2.09. The molecular formula is C16H24OS. The quantitative estimate of drug-likeness (QED) is 0.567. The summed E-state index contributed by atoms with van der Waals surface area (Å²) in [4.78, 5) is 0. The first-order valence-electron chi connectivity index (χ1n) is 6.67. The van der Waals surface area contributed by atoms with Crippen LogP contribution in [0.1, 0.15) is 25.8 Å². The number of rotatable bonds is 8. The lowest BCUT2D eigenvalue weighted by molar-refractivity contribution is 0.307. The molecule has 18 heavy (non-hydrogen) atoms. The molecule has 0 spiro atoms. The number of thioether (sulfide) groups is 1. The Morgan fingerprint density at radius 3 is 2.50 bits per heavy atom. The zero-order valence-electron chi connectivity index (χ0n) is 11.4. The van der Waals surface area contributed by atoms with Crippen LogP contribution in [0.3, 0.4) is 0 Å². The summed E-state index contributed by atoms with van der Waals surface area (Å²) in [5.41, 5.74) is 1.40. The Morgan fingerprint density at radius 1 is 1.17 bits per heavy atom. The molecule has 1 N–H and O–H groups in total. The number of aliphatic hydroxyl groups is 1. The van der Waals surface area contributed by atoms with Crippen LogP contribution in [0.4, 0.5) is 0 Å². The lowest BCUT2D eigenvalue weighted by atomic mass is 10.1. The van der Waals surface area contributed by atoms with E-state index in [0.29, 0.717) is 5.92 Å². The maximum absolute atomic E-state index is 9.28. The average Bonchev–Trinajstić information content (AvgIpc) is 2.39. The topological polar surface area (TPSA) is 20.2 Å². The van der Waals surface area contributed by atoms with Crippen molar-refractivity contribution >= 4 is 11.8 Å². The fourth-order valence-electron chi connectivity index (χ4n) is 1.67. The smallest absolute Gasteiger partial charge is 0.0585 e. The summed E-state index contributed by atoms with van der Waals surface area (Å²) in [6, 6.07) is 10.6. The van der Waals surface area contributed by atoms with Crippen LogP contribution < -0.4 is 0 Å². The van der Waals surface area contributed by atoms with Crippen molar-refractivity contribution in [2.24, 2.45) is 5.92 Å². The van der Waals surface area contributed by atoms with E-state index in [-0.39, 0.29) is 11.9 Å². The Kier molecular flexibility index (Phi) is 7.86. The molecule has 1 aromatic rings. The van der Waals surface area contributed by atoms with E-state index in [1.165, 1.54) is 12.0 Å². The molecule has 0 fully saturated rings. The van der Waals surface area contributed by atoms with Crippen LogP contribution >= 0.6 is 11.8 Å². The van der Waals surface area contributed by atoms with Gasteiger partial charge in [0.15, 0.2) is 0 Å². The number of hydrogen-bond donors (Lipinski definition) is 1. The van der Waals surface area contributed by atoms with Crippen molar-refractivity contribution in [1.82, 2.24) is 0 Å². The van der Waals surface area contributed by atoms with Crippen LogP contribution in [0.5, 0.6) is 0 Å². The van der Waals surface area contributed by atoms with Gasteiger partial charge < -0.3 is 5.11 Å². The third kappa shape index (κ3) is 6.87. The van der Waals surface area contributed by atoms with Gasteiger partial charge in [-0.1, -0.05) is 56.3 Å². The largest absolute Gasteiger partial charge is 0.395 e. The Morgan fingerprint density at radius 2 is 1.89 bits per heavy atom. The Hall–Kier alpha value is -0.730. The number of benzene rings is 1. The van der Waals surface area contributed by atoms with Crippen molar-refractivity contribution in [3.05, 3.63) is 48.0 Å². The van der Waals surface area contributed by atoms with E-state index in [0.717, 1.165) is 12.2 Å². The number of hydrogen-bond acceptors (Lipinski definition) is 2. The second-order valence-corrected chi connectivity index (χ2v) is 6.16. The molecule has 0 aliphatic rings. The lowest BCUT2D eigenvalue weighted by Crippen LogP contribution is -2.06. The molecule has 0 aliphatic heterocycles. The monoisotopic (exact) mass is 264 g/mol. The summed E-state index contributed by atoms with van der Waals surface area (Å²) in [5, 5.41) is 9.54. The van der Waals surface area contributed by atoms with Gasteiger partial charge in [0.1, 0.15) is 0 Å². The fourth-order valence-corrected chi connectivity index (χ4v) is 2.59. The van der Waals surface area contributed by atoms with E-state index in [1.54, 1.807) is 0 Å². The molecule has 1 nitrogen and oxygen atoms in total. The maximum Gasteiger partial charge on any atom is 0.0585 e. The first-order chi connectivity index (χ1) is 8.72. The Bertz CT molecular complexity index is 332. The van der Waals surface area contributed by atoms with Gasteiger partial charge in [0.25, 0.3) is 0 Å². The molecule has 0 aromatic heterocycles. The first kappa shape index (κ1) is 15.3. The molecule has 2 heteroatoms. The first-order valence-corrected chi connectivity index (χ1v) is 7.72. The molecule has 0 amide bonds. The van der Waals surface area contributed by atoms with Gasteiger partial charge in [-0.3, -0.25) is 0 Å². The Balaban J connectivity index is 2.20. The van der Waals surface area contributed by atoms with Crippen molar-refractivity contribution in [3.8, 4) is 0 Å². The third-order valence-electron chi connectivity index (χ3n) is 2.68. The molecule has 0 saturated carbocycles. The van der Waals surface area contributed by atoms with E-state index in [2.05, 4.69) is 56.3 Å². The summed E-state index contributed by atoms with van der Waals surface area (Å²) in [5.74, 6) is 1.66. The second-order valence-electron chi connectivity index (χ2n) is 4.81. The molecule has 0 radical (unpaired) electrons. The van der Waals surface area contributed by atoms with Gasteiger partial charge in [0, 0.05) is 5.25 Å². The van der Waals surface area contributed by atoms with Gasteiger partial charge in [-0.25, -0.2) is 0 Å². The summed E-state index contributed by atoms with van der Waals surface area (Å²) in [6.07, 6.45) is 6.60. The van der Waals surface area contributed by atoms with Gasteiger partial charge in [-0.05, 0) is 30.1 Å². The molecule has 0 unspecified atom stereocenters. The molecule has 1 atom stereocenters. The number of allylic oxidation sites excluding steroid dienone is 1. The summed E-state index contributed by atoms with van der Waals surface area (Å²) in [7, 11) is 0. The predicted molar refractivity (Wildman–Crippen MR) is 82.1 cm³/mol. The van der Waals surface area contributed by atoms with Crippen molar-refractivity contribution in [1.29, 1.82) is 0 Å². The average molecular weight is 264 g/mol. The summed E-state index contributed by atoms with van der Waals surface area (Å²) in [6.45, 7) is 4.55. The molecular weight excluding hydrogens is 240 g/mol. The van der Waals surface area contributed by atoms with Crippen LogP contribution in [-0.4, -0.2) is 22.7 Å². The molecule has 1 rings (SSSR count). The summed E-state index contributed by atoms with van der Waals surface area (Å²) >= 11 is 1.85. The molecule has 0 bridgehead atoms. The zero-order valence-corrected chi connectivity index (χ0v) is 12.2. The highest BCUT2D eigenvalue weighted by Gasteiger charge is 2.03. The maximum atomic E-state index is 9.28. The van der Waals surface area contributed by atoms with Crippen molar-refractivity contribution in [2.45, 2.75) is 31.9 Å². The number of aryl methyl sites for hydroxylation is 1. The Labute approximate surface area is 115 Å². The normalized spacial score (nSPS) is 13.3. The van der Waals surface area contributed by atoms with Gasteiger partial charge in [0.05, 0.1) is 6.61 Å².